The molecule has 0 aromatic carbocycles. The summed E-state index contributed by atoms with van der Waals surface area (Å²) in [7, 11) is 0. The van der Waals surface area contributed by atoms with E-state index in [1.807, 2.05) is 36.4 Å². The molecule has 0 aliphatic carbocycles. The van der Waals surface area contributed by atoms with Gasteiger partial charge in [0.05, 0.1) is 23.8 Å². The maximum absolute atomic E-state index is 11.9. The lowest BCUT2D eigenvalue weighted by atomic mass is 10.1. The molecule has 0 spiro atoms. The van der Waals surface area contributed by atoms with Crippen molar-refractivity contribution in [2.24, 2.45) is 0 Å². The van der Waals surface area contributed by atoms with Crippen LogP contribution in [0.15, 0.2) is 47.4 Å². The first-order chi connectivity index (χ1) is 11.3. The van der Waals surface area contributed by atoms with Gasteiger partial charge < -0.3 is 14.7 Å². The van der Waals surface area contributed by atoms with Crippen molar-refractivity contribution in [2.75, 3.05) is 6.54 Å². The van der Waals surface area contributed by atoms with Gasteiger partial charge >= 0.3 is 0 Å². The summed E-state index contributed by atoms with van der Waals surface area (Å²) in [5.74, 6) is -0.0112. The summed E-state index contributed by atoms with van der Waals surface area (Å²) in [4.78, 5) is 19.6. The van der Waals surface area contributed by atoms with E-state index < -0.39 is 0 Å². The number of pyridine rings is 1. The van der Waals surface area contributed by atoms with Gasteiger partial charge in [-0.05, 0) is 36.4 Å². The van der Waals surface area contributed by atoms with Crippen molar-refractivity contribution >= 4 is 18.1 Å². The molecule has 5 heteroatoms. The first kappa shape index (κ1) is 13.6. The first-order valence-electron chi connectivity index (χ1n) is 7.46. The fraction of sp³-hybridized carbons (Fsp3) is 0.111. The highest BCUT2D eigenvalue weighted by atomic mass is 16.3. The fourth-order valence-electron chi connectivity index (χ4n) is 2.71. The van der Waals surface area contributed by atoms with E-state index in [2.05, 4.69) is 15.3 Å². The molecule has 0 bridgehead atoms. The number of furan rings is 1. The number of hydrogen-bond acceptors (Lipinski definition) is 3. The molecule has 1 amide bonds. The van der Waals surface area contributed by atoms with Gasteiger partial charge in [-0.15, -0.1) is 0 Å². The highest BCUT2D eigenvalue weighted by Gasteiger charge is 2.19. The second-order valence-corrected chi connectivity index (χ2v) is 5.44. The first-order valence-corrected chi connectivity index (χ1v) is 7.46. The van der Waals surface area contributed by atoms with E-state index in [0.29, 0.717) is 6.54 Å². The number of carbonyl (C=O) groups is 1. The van der Waals surface area contributed by atoms with Gasteiger partial charge in [0.2, 0.25) is 0 Å². The smallest absolute Gasteiger partial charge is 0.253 e. The van der Waals surface area contributed by atoms with Gasteiger partial charge in [-0.1, -0.05) is 0 Å². The van der Waals surface area contributed by atoms with Gasteiger partial charge in [0, 0.05) is 41.7 Å². The van der Waals surface area contributed by atoms with Crippen LogP contribution in [0.3, 0.4) is 0 Å². The summed E-state index contributed by atoms with van der Waals surface area (Å²) in [6.07, 6.45) is 9.80. The van der Waals surface area contributed by atoms with Crippen molar-refractivity contribution in [3.63, 3.8) is 0 Å². The molecular weight excluding hydrogens is 290 g/mol. The lowest BCUT2D eigenvalue weighted by Crippen LogP contribution is -2.31. The lowest BCUT2D eigenvalue weighted by Gasteiger charge is -2.10. The van der Waals surface area contributed by atoms with Gasteiger partial charge in [-0.3, -0.25) is 9.78 Å². The Morgan fingerprint density at radius 1 is 1.22 bits per heavy atom. The second-order valence-electron chi connectivity index (χ2n) is 5.44. The molecule has 23 heavy (non-hydrogen) atoms. The zero-order valence-electron chi connectivity index (χ0n) is 12.4. The van der Waals surface area contributed by atoms with Gasteiger partial charge in [0.15, 0.2) is 0 Å². The van der Waals surface area contributed by atoms with Crippen LogP contribution < -0.4 is 5.32 Å². The minimum atomic E-state index is -0.0112. The second kappa shape index (κ2) is 5.61. The number of H-pyrrole nitrogens is 1. The molecule has 0 unspecified atom stereocenters. The van der Waals surface area contributed by atoms with E-state index in [1.54, 1.807) is 18.7 Å². The highest BCUT2D eigenvalue weighted by molar-refractivity contribution is 5.97. The number of hydrogen-bond donors (Lipinski definition) is 2. The molecule has 0 saturated carbocycles. The minimum absolute atomic E-state index is 0.0112. The number of aromatic amines is 1. The summed E-state index contributed by atoms with van der Waals surface area (Å²) < 4.78 is 5.04. The zero-order chi connectivity index (χ0) is 15.6. The summed E-state index contributed by atoms with van der Waals surface area (Å²) in [6.45, 7) is 0.681. The molecule has 0 saturated heterocycles. The molecule has 3 aromatic rings. The van der Waals surface area contributed by atoms with Crippen LogP contribution in [0.2, 0.25) is 0 Å². The molecular formula is C18H15N3O2. The van der Waals surface area contributed by atoms with Crippen LogP contribution in [0.5, 0.6) is 0 Å². The number of rotatable bonds is 3. The van der Waals surface area contributed by atoms with Crippen molar-refractivity contribution in [3.05, 3.63) is 65.5 Å². The number of nitrogens with one attached hydrogen (secondary N) is 2. The quantitative estimate of drug-likeness (QED) is 0.781. The standard InChI is InChI=1S/C18H15N3O2/c22-18-15-10-17(21-16(15)4-7-20-18)13-3-6-19-14(9-13)2-1-12-5-8-23-11-12/h1-3,5-6,8-11,21H,4,7H2,(H,20,22)/b2-1+. The van der Waals surface area contributed by atoms with Crippen molar-refractivity contribution in [2.45, 2.75) is 6.42 Å². The predicted octanol–water partition coefficient (Wildman–Crippen LogP) is 3.13. The van der Waals surface area contributed by atoms with Gasteiger partial charge in [0.25, 0.3) is 5.91 Å². The van der Waals surface area contributed by atoms with Crippen molar-refractivity contribution in [3.8, 4) is 11.3 Å². The SMILES string of the molecule is O=C1NCCc2[nH]c(-c3ccnc(/C=C/c4ccoc4)c3)cc21. The molecule has 0 fully saturated rings. The predicted molar refractivity (Wildman–Crippen MR) is 87.7 cm³/mol. The summed E-state index contributed by atoms with van der Waals surface area (Å²) >= 11 is 0. The van der Waals surface area contributed by atoms with Crippen molar-refractivity contribution in [1.29, 1.82) is 0 Å². The van der Waals surface area contributed by atoms with Crippen LogP contribution in [0, 0.1) is 0 Å². The Bertz CT molecular complexity index is 876. The third-order valence-electron chi connectivity index (χ3n) is 3.89. The average molecular weight is 305 g/mol. The Morgan fingerprint density at radius 3 is 3.00 bits per heavy atom. The van der Waals surface area contributed by atoms with E-state index in [9.17, 15) is 4.79 Å². The average Bonchev–Trinajstić information content (AvgIpc) is 3.23. The lowest BCUT2D eigenvalue weighted by molar-refractivity contribution is 0.0946. The molecule has 4 heterocycles. The van der Waals surface area contributed by atoms with E-state index in [4.69, 9.17) is 4.42 Å². The molecule has 0 atom stereocenters. The minimum Gasteiger partial charge on any atom is -0.472 e. The van der Waals surface area contributed by atoms with Crippen LogP contribution in [-0.4, -0.2) is 22.4 Å². The van der Waals surface area contributed by atoms with E-state index in [-0.39, 0.29) is 5.91 Å². The Kier molecular flexibility index (Phi) is 3.31. The zero-order valence-corrected chi connectivity index (χ0v) is 12.4. The van der Waals surface area contributed by atoms with Gasteiger partial charge in [0.1, 0.15) is 0 Å². The third kappa shape index (κ3) is 2.68. The Labute approximate surface area is 133 Å². The molecule has 3 aromatic heterocycles. The number of nitrogens with zero attached hydrogens (tertiary/aromatic N) is 1. The molecule has 2 N–H and O–H groups in total. The molecule has 5 nitrogen and oxygen atoms in total. The van der Waals surface area contributed by atoms with Crippen LogP contribution in [0.25, 0.3) is 23.4 Å². The monoisotopic (exact) mass is 305 g/mol. The van der Waals surface area contributed by atoms with Crippen LogP contribution in [0.4, 0.5) is 0 Å². The summed E-state index contributed by atoms with van der Waals surface area (Å²) in [5.41, 5.74) is 5.51. The Hall–Kier alpha value is -3.08. The molecule has 1 aliphatic heterocycles. The van der Waals surface area contributed by atoms with Crippen molar-refractivity contribution < 1.29 is 9.21 Å². The molecule has 0 radical (unpaired) electrons. The summed E-state index contributed by atoms with van der Waals surface area (Å²) in [6, 6.07) is 7.72. The number of aromatic nitrogens is 2. The van der Waals surface area contributed by atoms with E-state index >= 15 is 0 Å². The fourth-order valence-corrected chi connectivity index (χ4v) is 2.71. The Morgan fingerprint density at radius 2 is 2.17 bits per heavy atom. The Balaban J connectivity index is 1.65. The normalized spacial score (nSPS) is 14.0. The number of fused-ring (bicyclic) bond motifs is 1. The third-order valence-corrected chi connectivity index (χ3v) is 3.89. The van der Waals surface area contributed by atoms with Gasteiger partial charge in [-0.25, -0.2) is 0 Å². The largest absolute Gasteiger partial charge is 0.472 e. The van der Waals surface area contributed by atoms with Crippen LogP contribution in [0.1, 0.15) is 27.3 Å². The van der Waals surface area contributed by atoms with Crippen LogP contribution in [-0.2, 0) is 6.42 Å². The highest BCUT2D eigenvalue weighted by Crippen LogP contribution is 2.24. The number of amides is 1. The maximum Gasteiger partial charge on any atom is 0.253 e. The topological polar surface area (TPSA) is 70.9 Å². The van der Waals surface area contributed by atoms with Gasteiger partial charge in [-0.2, -0.15) is 0 Å². The van der Waals surface area contributed by atoms with Crippen molar-refractivity contribution in [1.82, 2.24) is 15.3 Å². The van der Waals surface area contributed by atoms with E-state index in [1.165, 1.54) is 0 Å². The number of carbonyl (C=O) groups excluding carboxylic acids is 1. The molecule has 4 rings (SSSR count). The maximum atomic E-state index is 11.9. The molecule has 114 valence electrons. The van der Waals surface area contributed by atoms with E-state index in [0.717, 1.165) is 40.2 Å². The molecule has 1 aliphatic rings. The van der Waals surface area contributed by atoms with Crippen LogP contribution >= 0.6 is 0 Å². The summed E-state index contributed by atoms with van der Waals surface area (Å²) in [5, 5.41) is 2.86.